The predicted octanol–water partition coefficient (Wildman–Crippen LogP) is 2.91. The quantitative estimate of drug-likeness (QED) is 0.792. The lowest BCUT2D eigenvalue weighted by atomic mass is 10.1. The van der Waals surface area contributed by atoms with Crippen molar-refractivity contribution in [1.29, 1.82) is 0 Å². The molecule has 0 radical (unpaired) electrons. The van der Waals surface area contributed by atoms with Crippen LogP contribution in [0.1, 0.15) is 31.0 Å². The molecule has 1 aromatic rings. The summed E-state index contributed by atoms with van der Waals surface area (Å²) in [5.41, 5.74) is 3.63. The fourth-order valence-corrected chi connectivity index (χ4v) is 1.85. The molecule has 1 fully saturated rings. The summed E-state index contributed by atoms with van der Waals surface area (Å²) in [5.74, 6) is 0.883. The average molecular weight is 190 g/mol. The first-order chi connectivity index (χ1) is 6.68. The highest BCUT2D eigenvalue weighted by Gasteiger charge is 2.28. The molecule has 2 heteroatoms. The molecule has 0 aliphatic heterocycles. The van der Waals surface area contributed by atoms with E-state index in [4.69, 9.17) is 0 Å². The molecular weight excluding hydrogens is 172 g/mol. The Labute approximate surface area is 85.7 Å². The van der Waals surface area contributed by atoms with Crippen LogP contribution in [0.25, 0.3) is 0 Å². The third kappa shape index (κ3) is 1.89. The fraction of sp³-hybridized carbons (Fsp3) is 0.583. The third-order valence-electron chi connectivity index (χ3n) is 3.05. The Morgan fingerprint density at radius 1 is 1.43 bits per heavy atom. The molecule has 0 saturated heterocycles. The molecule has 1 saturated carbocycles. The Hall–Kier alpha value is -1.05. The van der Waals surface area contributed by atoms with Crippen LogP contribution in [0.2, 0.25) is 0 Å². The number of aromatic nitrogens is 1. The number of rotatable bonds is 3. The van der Waals surface area contributed by atoms with E-state index in [1.807, 2.05) is 6.20 Å². The van der Waals surface area contributed by atoms with Crippen molar-refractivity contribution in [3.63, 3.8) is 0 Å². The molecule has 2 nitrogen and oxygen atoms in total. The first kappa shape index (κ1) is 9.50. The number of nitrogens with one attached hydrogen (secondary N) is 1. The van der Waals surface area contributed by atoms with Gasteiger partial charge in [0.2, 0.25) is 0 Å². The van der Waals surface area contributed by atoms with Gasteiger partial charge in [0.1, 0.15) is 0 Å². The lowest BCUT2D eigenvalue weighted by Crippen LogP contribution is -2.18. The fourth-order valence-electron chi connectivity index (χ4n) is 1.85. The van der Waals surface area contributed by atoms with Crippen LogP contribution in [0.3, 0.4) is 0 Å². The van der Waals surface area contributed by atoms with E-state index < -0.39 is 0 Å². The van der Waals surface area contributed by atoms with Crippen molar-refractivity contribution in [2.75, 3.05) is 5.32 Å². The summed E-state index contributed by atoms with van der Waals surface area (Å²) in [5, 5.41) is 3.58. The average Bonchev–Trinajstić information content (AvgIpc) is 2.94. The molecule has 0 spiro atoms. The molecular formula is C12H18N2. The Morgan fingerprint density at radius 2 is 2.14 bits per heavy atom. The summed E-state index contributed by atoms with van der Waals surface area (Å²) in [6.07, 6.45) is 4.64. The zero-order chi connectivity index (χ0) is 10.1. The standard InChI is InChI=1S/C12H18N2/c1-8-6-7-13-10(3)12(8)14-9(2)11-4-5-11/h6-7,9,11,14H,4-5H2,1-3H3. The minimum Gasteiger partial charge on any atom is -0.381 e. The van der Waals surface area contributed by atoms with E-state index in [-0.39, 0.29) is 0 Å². The molecule has 1 N–H and O–H groups in total. The van der Waals surface area contributed by atoms with Crippen LogP contribution >= 0.6 is 0 Å². The second-order valence-corrected chi connectivity index (χ2v) is 4.36. The van der Waals surface area contributed by atoms with Gasteiger partial charge in [0, 0.05) is 12.2 Å². The maximum Gasteiger partial charge on any atom is 0.0606 e. The van der Waals surface area contributed by atoms with Gasteiger partial charge >= 0.3 is 0 Å². The molecule has 1 aliphatic rings. The van der Waals surface area contributed by atoms with Gasteiger partial charge in [0.15, 0.2) is 0 Å². The van der Waals surface area contributed by atoms with E-state index in [2.05, 4.69) is 37.1 Å². The number of hydrogen-bond acceptors (Lipinski definition) is 2. The summed E-state index contributed by atoms with van der Waals surface area (Å²) in [6.45, 7) is 6.47. The Bertz CT molecular complexity index is 309. The van der Waals surface area contributed by atoms with Crippen LogP contribution in [-0.2, 0) is 0 Å². The molecule has 2 rings (SSSR count). The van der Waals surface area contributed by atoms with Crippen LogP contribution in [0, 0.1) is 19.8 Å². The first-order valence-corrected chi connectivity index (χ1v) is 5.37. The Kier molecular flexibility index (Phi) is 2.44. The lowest BCUT2D eigenvalue weighted by Gasteiger charge is -2.17. The number of hydrogen-bond donors (Lipinski definition) is 1. The molecule has 0 bridgehead atoms. The molecule has 76 valence electrons. The lowest BCUT2D eigenvalue weighted by molar-refractivity contribution is 0.692. The van der Waals surface area contributed by atoms with Crippen molar-refractivity contribution in [2.45, 2.75) is 39.7 Å². The largest absolute Gasteiger partial charge is 0.381 e. The highest BCUT2D eigenvalue weighted by atomic mass is 14.9. The van der Waals surface area contributed by atoms with E-state index >= 15 is 0 Å². The van der Waals surface area contributed by atoms with E-state index in [9.17, 15) is 0 Å². The topological polar surface area (TPSA) is 24.9 Å². The number of pyridine rings is 1. The van der Waals surface area contributed by atoms with Crippen molar-refractivity contribution in [3.05, 3.63) is 23.5 Å². The van der Waals surface area contributed by atoms with Crippen molar-refractivity contribution < 1.29 is 0 Å². The maximum atomic E-state index is 4.31. The van der Waals surface area contributed by atoms with E-state index in [1.165, 1.54) is 24.1 Å². The first-order valence-electron chi connectivity index (χ1n) is 5.37. The second kappa shape index (κ2) is 3.60. The molecule has 1 heterocycles. The van der Waals surface area contributed by atoms with Gasteiger partial charge < -0.3 is 5.32 Å². The van der Waals surface area contributed by atoms with Gasteiger partial charge in [0.25, 0.3) is 0 Å². The van der Waals surface area contributed by atoms with E-state index in [0.717, 1.165) is 11.6 Å². The van der Waals surface area contributed by atoms with Gasteiger partial charge in [-0.15, -0.1) is 0 Å². The zero-order valence-corrected chi connectivity index (χ0v) is 9.17. The number of anilines is 1. The Balaban J connectivity index is 2.14. The normalized spacial score (nSPS) is 17.9. The zero-order valence-electron chi connectivity index (χ0n) is 9.17. The summed E-state index contributed by atoms with van der Waals surface area (Å²) >= 11 is 0. The summed E-state index contributed by atoms with van der Waals surface area (Å²) in [4.78, 5) is 4.31. The van der Waals surface area contributed by atoms with Crippen LogP contribution in [0.15, 0.2) is 12.3 Å². The van der Waals surface area contributed by atoms with Gasteiger partial charge in [-0.2, -0.15) is 0 Å². The number of aryl methyl sites for hydroxylation is 2. The summed E-state index contributed by atoms with van der Waals surface area (Å²) < 4.78 is 0. The van der Waals surface area contributed by atoms with Gasteiger partial charge in [-0.05, 0) is 51.2 Å². The minimum absolute atomic E-state index is 0.594. The van der Waals surface area contributed by atoms with Crippen LogP contribution in [-0.4, -0.2) is 11.0 Å². The van der Waals surface area contributed by atoms with Gasteiger partial charge in [-0.3, -0.25) is 4.98 Å². The molecule has 1 unspecified atom stereocenters. The summed E-state index contributed by atoms with van der Waals surface area (Å²) in [6, 6.07) is 2.66. The second-order valence-electron chi connectivity index (χ2n) is 4.36. The van der Waals surface area contributed by atoms with Crippen LogP contribution in [0.4, 0.5) is 5.69 Å². The van der Waals surface area contributed by atoms with Gasteiger partial charge in [0.05, 0.1) is 11.4 Å². The summed E-state index contributed by atoms with van der Waals surface area (Å²) in [7, 11) is 0. The smallest absolute Gasteiger partial charge is 0.0606 e. The van der Waals surface area contributed by atoms with Crippen LogP contribution in [0.5, 0.6) is 0 Å². The molecule has 14 heavy (non-hydrogen) atoms. The third-order valence-corrected chi connectivity index (χ3v) is 3.05. The number of nitrogens with zero attached hydrogens (tertiary/aromatic N) is 1. The molecule has 1 aliphatic carbocycles. The molecule has 1 atom stereocenters. The van der Waals surface area contributed by atoms with Crippen molar-refractivity contribution >= 4 is 5.69 Å². The SMILES string of the molecule is Cc1ccnc(C)c1NC(C)C1CC1. The van der Waals surface area contributed by atoms with Crippen LogP contribution < -0.4 is 5.32 Å². The van der Waals surface area contributed by atoms with E-state index in [1.54, 1.807) is 0 Å². The monoisotopic (exact) mass is 190 g/mol. The highest BCUT2D eigenvalue weighted by molar-refractivity contribution is 5.54. The Morgan fingerprint density at radius 3 is 2.71 bits per heavy atom. The highest BCUT2D eigenvalue weighted by Crippen LogP contribution is 2.34. The van der Waals surface area contributed by atoms with E-state index in [0.29, 0.717) is 6.04 Å². The van der Waals surface area contributed by atoms with Crippen molar-refractivity contribution in [1.82, 2.24) is 4.98 Å². The van der Waals surface area contributed by atoms with Gasteiger partial charge in [-0.1, -0.05) is 0 Å². The minimum atomic E-state index is 0.594. The molecule has 0 aromatic carbocycles. The predicted molar refractivity (Wildman–Crippen MR) is 59.5 cm³/mol. The van der Waals surface area contributed by atoms with Gasteiger partial charge in [-0.25, -0.2) is 0 Å². The van der Waals surface area contributed by atoms with Crippen molar-refractivity contribution in [3.8, 4) is 0 Å². The molecule has 0 amide bonds. The van der Waals surface area contributed by atoms with Crippen molar-refractivity contribution in [2.24, 2.45) is 5.92 Å². The molecule has 1 aromatic heterocycles. The maximum absolute atomic E-state index is 4.31.